The van der Waals surface area contributed by atoms with Gasteiger partial charge in [-0.15, -0.1) is 0 Å². The van der Waals surface area contributed by atoms with Crippen LogP contribution in [0, 0.1) is 0 Å². The Morgan fingerprint density at radius 1 is 1.29 bits per heavy atom. The van der Waals surface area contributed by atoms with Crippen LogP contribution in [-0.4, -0.2) is 27.6 Å². The van der Waals surface area contributed by atoms with Gasteiger partial charge >= 0.3 is 5.97 Å². The molecule has 21 heavy (non-hydrogen) atoms. The molecule has 3 aromatic rings. The molecular formula is C15H11ClN2O3. The standard InChI is InChI=1S/C15H11ClN2O3/c1-21-10-6-4-9(5-7-10)12-13(15(19)20)18-8-2-3-11(16)14(18)17-12/h2-8H,1H3,(H,19,20). The first-order valence-electron chi connectivity index (χ1n) is 6.16. The van der Waals surface area contributed by atoms with Crippen LogP contribution in [0.25, 0.3) is 16.9 Å². The quantitative estimate of drug-likeness (QED) is 0.805. The van der Waals surface area contributed by atoms with Crippen molar-refractivity contribution in [3.05, 3.63) is 53.3 Å². The minimum atomic E-state index is -1.06. The molecule has 0 spiro atoms. The number of fused-ring (bicyclic) bond motifs is 1. The van der Waals surface area contributed by atoms with Crippen LogP contribution in [0.4, 0.5) is 0 Å². The maximum atomic E-state index is 11.6. The number of rotatable bonds is 3. The third kappa shape index (κ3) is 2.21. The van der Waals surface area contributed by atoms with Crippen molar-refractivity contribution in [1.82, 2.24) is 9.38 Å². The van der Waals surface area contributed by atoms with Crippen molar-refractivity contribution in [2.24, 2.45) is 0 Å². The van der Waals surface area contributed by atoms with Crippen LogP contribution in [0.5, 0.6) is 5.75 Å². The Hall–Kier alpha value is -2.53. The Morgan fingerprint density at radius 3 is 2.62 bits per heavy atom. The topological polar surface area (TPSA) is 63.8 Å². The number of carbonyl (C=O) groups is 1. The fraction of sp³-hybridized carbons (Fsp3) is 0.0667. The number of methoxy groups -OCH3 is 1. The van der Waals surface area contributed by atoms with E-state index < -0.39 is 5.97 Å². The molecule has 0 aliphatic heterocycles. The van der Waals surface area contributed by atoms with Crippen LogP contribution in [-0.2, 0) is 0 Å². The summed E-state index contributed by atoms with van der Waals surface area (Å²) < 4.78 is 6.57. The second-order valence-electron chi connectivity index (χ2n) is 4.39. The van der Waals surface area contributed by atoms with E-state index in [1.54, 1.807) is 49.7 Å². The molecule has 0 amide bonds. The Kier molecular flexibility index (Phi) is 3.27. The highest BCUT2D eigenvalue weighted by Crippen LogP contribution is 2.28. The zero-order valence-electron chi connectivity index (χ0n) is 11.1. The fourth-order valence-electron chi connectivity index (χ4n) is 2.19. The van der Waals surface area contributed by atoms with Gasteiger partial charge in [0.15, 0.2) is 11.3 Å². The van der Waals surface area contributed by atoms with Gasteiger partial charge in [0.25, 0.3) is 0 Å². The van der Waals surface area contributed by atoms with E-state index in [1.807, 2.05) is 0 Å². The van der Waals surface area contributed by atoms with Crippen molar-refractivity contribution in [2.45, 2.75) is 0 Å². The summed E-state index contributed by atoms with van der Waals surface area (Å²) in [7, 11) is 1.57. The lowest BCUT2D eigenvalue weighted by molar-refractivity contribution is 0.0690. The molecule has 0 radical (unpaired) electrons. The normalized spacial score (nSPS) is 10.8. The van der Waals surface area contributed by atoms with E-state index in [-0.39, 0.29) is 5.69 Å². The lowest BCUT2D eigenvalue weighted by Crippen LogP contribution is -2.03. The van der Waals surface area contributed by atoms with Gasteiger partial charge in [0.05, 0.1) is 12.1 Å². The Bertz CT molecular complexity index is 825. The number of halogens is 1. The van der Waals surface area contributed by atoms with Gasteiger partial charge in [0.2, 0.25) is 0 Å². The summed E-state index contributed by atoms with van der Waals surface area (Å²) in [6.07, 6.45) is 1.63. The number of ether oxygens (including phenoxy) is 1. The lowest BCUT2D eigenvalue weighted by atomic mass is 10.1. The molecule has 106 valence electrons. The fourth-order valence-corrected chi connectivity index (χ4v) is 2.39. The maximum Gasteiger partial charge on any atom is 0.355 e. The minimum absolute atomic E-state index is 0.0812. The highest BCUT2D eigenvalue weighted by atomic mass is 35.5. The smallest absolute Gasteiger partial charge is 0.355 e. The van der Waals surface area contributed by atoms with Crippen molar-refractivity contribution < 1.29 is 14.6 Å². The molecule has 2 heterocycles. The van der Waals surface area contributed by atoms with Gasteiger partial charge in [0, 0.05) is 11.8 Å². The van der Waals surface area contributed by atoms with E-state index in [0.717, 1.165) is 0 Å². The second kappa shape index (κ2) is 5.10. The minimum Gasteiger partial charge on any atom is -0.497 e. The number of carboxylic acids is 1. The Balaban J connectivity index is 2.28. The highest BCUT2D eigenvalue weighted by Gasteiger charge is 2.20. The third-order valence-corrected chi connectivity index (χ3v) is 3.46. The van der Waals surface area contributed by atoms with Crippen LogP contribution in [0.15, 0.2) is 42.6 Å². The lowest BCUT2D eigenvalue weighted by Gasteiger charge is -2.02. The highest BCUT2D eigenvalue weighted by molar-refractivity contribution is 6.33. The molecule has 1 N–H and O–H groups in total. The summed E-state index contributed by atoms with van der Waals surface area (Å²) in [6.45, 7) is 0. The zero-order valence-corrected chi connectivity index (χ0v) is 11.8. The van der Waals surface area contributed by atoms with E-state index in [9.17, 15) is 9.90 Å². The first-order chi connectivity index (χ1) is 10.1. The van der Waals surface area contributed by atoms with Crippen molar-refractivity contribution in [1.29, 1.82) is 0 Å². The maximum absolute atomic E-state index is 11.6. The van der Waals surface area contributed by atoms with Gasteiger partial charge in [-0.05, 0) is 36.4 Å². The summed E-state index contributed by atoms with van der Waals surface area (Å²) in [5, 5.41) is 9.88. The number of hydrogen-bond acceptors (Lipinski definition) is 3. The molecule has 1 aromatic carbocycles. The zero-order chi connectivity index (χ0) is 15.0. The Labute approximate surface area is 125 Å². The molecule has 0 fully saturated rings. The van der Waals surface area contributed by atoms with Crippen LogP contribution in [0.3, 0.4) is 0 Å². The molecule has 0 unspecified atom stereocenters. The number of benzene rings is 1. The molecule has 6 heteroatoms. The number of pyridine rings is 1. The molecular weight excluding hydrogens is 292 g/mol. The van der Waals surface area contributed by atoms with Crippen LogP contribution >= 0.6 is 11.6 Å². The van der Waals surface area contributed by atoms with E-state index in [2.05, 4.69) is 4.98 Å². The summed E-state index contributed by atoms with van der Waals surface area (Å²) in [6, 6.07) is 10.4. The van der Waals surface area contributed by atoms with Gasteiger partial charge in [-0.2, -0.15) is 0 Å². The second-order valence-corrected chi connectivity index (χ2v) is 4.80. The number of nitrogens with zero attached hydrogens (tertiary/aromatic N) is 2. The van der Waals surface area contributed by atoms with Crippen molar-refractivity contribution >= 4 is 23.2 Å². The summed E-state index contributed by atoms with van der Waals surface area (Å²) >= 11 is 6.09. The predicted molar refractivity (Wildman–Crippen MR) is 79.1 cm³/mol. The van der Waals surface area contributed by atoms with Crippen molar-refractivity contribution in [2.75, 3.05) is 7.11 Å². The molecule has 0 atom stereocenters. The van der Waals surface area contributed by atoms with Crippen LogP contribution in [0.2, 0.25) is 5.02 Å². The van der Waals surface area contributed by atoms with Gasteiger partial charge in [-0.1, -0.05) is 11.6 Å². The molecule has 0 aliphatic carbocycles. The van der Waals surface area contributed by atoms with Gasteiger partial charge in [-0.3, -0.25) is 4.40 Å². The Morgan fingerprint density at radius 2 is 2.00 bits per heavy atom. The van der Waals surface area contributed by atoms with E-state index in [1.165, 1.54) is 4.40 Å². The summed E-state index contributed by atoms with van der Waals surface area (Å²) in [5.74, 6) is -0.368. The number of aromatic carboxylic acids is 1. The van der Waals surface area contributed by atoms with Crippen LogP contribution in [0.1, 0.15) is 10.5 Å². The molecule has 2 aromatic heterocycles. The molecule has 0 aliphatic rings. The number of carboxylic acid groups (broad SMARTS) is 1. The van der Waals surface area contributed by atoms with E-state index >= 15 is 0 Å². The average Bonchev–Trinajstić information content (AvgIpc) is 2.88. The summed E-state index contributed by atoms with van der Waals surface area (Å²) in [5.41, 5.74) is 1.56. The SMILES string of the molecule is COc1ccc(-c2nc3c(Cl)cccn3c2C(=O)O)cc1. The third-order valence-electron chi connectivity index (χ3n) is 3.17. The molecule has 5 nitrogen and oxygen atoms in total. The predicted octanol–water partition coefficient (Wildman–Crippen LogP) is 3.36. The molecule has 0 saturated heterocycles. The van der Waals surface area contributed by atoms with Gasteiger partial charge in [0.1, 0.15) is 11.4 Å². The van der Waals surface area contributed by atoms with Gasteiger partial charge in [-0.25, -0.2) is 9.78 Å². The molecule has 0 bridgehead atoms. The average molecular weight is 303 g/mol. The molecule has 3 rings (SSSR count). The molecule has 0 saturated carbocycles. The van der Waals surface area contributed by atoms with Crippen LogP contribution < -0.4 is 4.74 Å². The van der Waals surface area contributed by atoms with E-state index in [4.69, 9.17) is 16.3 Å². The number of aromatic nitrogens is 2. The number of hydrogen-bond donors (Lipinski definition) is 1. The first kappa shape index (κ1) is 13.5. The van der Waals surface area contributed by atoms with Crippen molar-refractivity contribution in [3.8, 4) is 17.0 Å². The summed E-state index contributed by atoms with van der Waals surface area (Å²) in [4.78, 5) is 15.9. The first-order valence-corrected chi connectivity index (χ1v) is 6.54. The van der Waals surface area contributed by atoms with Crippen molar-refractivity contribution in [3.63, 3.8) is 0 Å². The monoisotopic (exact) mass is 302 g/mol. The number of imidazole rings is 1. The van der Waals surface area contributed by atoms with Gasteiger partial charge < -0.3 is 9.84 Å². The largest absolute Gasteiger partial charge is 0.497 e. The van der Waals surface area contributed by atoms with E-state index in [0.29, 0.717) is 27.7 Å².